The van der Waals surface area contributed by atoms with Crippen molar-refractivity contribution in [3.05, 3.63) is 12.2 Å². The van der Waals surface area contributed by atoms with Gasteiger partial charge in [0.25, 0.3) is 0 Å². The number of rotatable bonds is 4. The molecule has 0 radical (unpaired) electrons. The van der Waals surface area contributed by atoms with Crippen LogP contribution in [0.25, 0.3) is 0 Å². The Hall–Kier alpha value is -0.830. The molecule has 0 fully saturated rings. The third kappa shape index (κ3) is 3.05. The topological polar surface area (TPSA) is 57.5 Å². The van der Waals surface area contributed by atoms with Gasteiger partial charge in [-0.25, -0.2) is 0 Å². The fraction of sp³-hybridized carbons (Fsp3) is 0.667. The van der Waals surface area contributed by atoms with Crippen LogP contribution < -0.4 is 0 Å². The van der Waals surface area contributed by atoms with Gasteiger partial charge in [0.15, 0.2) is 0 Å². The van der Waals surface area contributed by atoms with Gasteiger partial charge in [0.1, 0.15) is 5.92 Å². The molecule has 3 nitrogen and oxygen atoms in total. The van der Waals surface area contributed by atoms with E-state index in [-0.39, 0.29) is 5.92 Å². The highest BCUT2D eigenvalue weighted by molar-refractivity contribution is 5.72. The Morgan fingerprint density at radius 1 is 1.42 bits per heavy atom. The minimum Gasteiger partial charge on any atom is -0.481 e. The van der Waals surface area contributed by atoms with E-state index in [1.165, 1.54) is 6.08 Å². The molecule has 0 aromatic rings. The lowest BCUT2D eigenvalue weighted by atomic mass is 9.93. The number of allylic oxidation sites excluding steroid dienone is 1. The molecule has 2 N–H and O–H groups in total. The molecule has 70 valence electrons. The number of carboxylic acids is 1. The molecule has 0 aromatic carbocycles. The molecule has 0 heterocycles. The molecule has 0 rings (SSSR count). The van der Waals surface area contributed by atoms with E-state index in [9.17, 15) is 9.90 Å². The van der Waals surface area contributed by atoms with E-state index in [2.05, 4.69) is 0 Å². The zero-order chi connectivity index (χ0) is 9.72. The zero-order valence-electron chi connectivity index (χ0n) is 7.69. The Labute approximate surface area is 72.7 Å². The van der Waals surface area contributed by atoms with Crippen LogP contribution in [0.3, 0.4) is 0 Å². The third-order valence-electron chi connectivity index (χ3n) is 1.74. The molecule has 0 bridgehead atoms. The lowest BCUT2D eigenvalue weighted by molar-refractivity contribution is -0.144. The second kappa shape index (κ2) is 4.93. The van der Waals surface area contributed by atoms with Crippen molar-refractivity contribution in [1.82, 2.24) is 0 Å². The van der Waals surface area contributed by atoms with E-state index < -0.39 is 18.0 Å². The van der Waals surface area contributed by atoms with Crippen molar-refractivity contribution in [2.75, 3.05) is 0 Å². The smallest absolute Gasteiger partial charge is 0.313 e. The van der Waals surface area contributed by atoms with E-state index in [0.29, 0.717) is 0 Å². The average Bonchev–Trinajstić information content (AvgIpc) is 1.98. The molecule has 0 saturated heterocycles. The van der Waals surface area contributed by atoms with E-state index in [0.717, 1.165) is 0 Å². The van der Waals surface area contributed by atoms with Gasteiger partial charge in [0.2, 0.25) is 0 Å². The first-order valence-electron chi connectivity index (χ1n) is 4.04. The summed E-state index contributed by atoms with van der Waals surface area (Å²) in [5, 5.41) is 18.2. The first kappa shape index (κ1) is 11.2. The number of aliphatic carboxylic acids is 1. The average molecular weight is 172 g/mol. The summed E-state index contributed by atoms with van der Waals surface area (Å²) < 4.78 is 0. The van der Waals surface area contributed by atoms with Crippen molar-refractivity contribution < 1.29 is 15.0 Å². The molecule has 0 saturated carbocycles. The first-order valence-corrected chi connectivity index (χ1v) is 4.04. The second-order valence-electron chi connectivity index (χ2n) is 3.12. The van der Waals surface area contributed by atoms with Crippen LogP contribution in [-0.2, 0) is 4.79 Å². The van der Waals surface area contributed by atoms with Gasteiger partial charge in [-0.15, -0.1) is 0 Å². The van der Waals surface area contributed by atoms with Crippen LogP contribution in [0.4, 0.5) is 0 Å². The normalized spacial score (nSPS) is 16.8. The summed E-state index contributed by atoms with van der Waals surface area (Å²) in [6, 6.07) is 0. The van der Waals surface area contributed by atoms with Crippen molar-refractivity contribution >= 4 is 5.97 Å². The lowest BCUT2D eigenvalue weighted by Gasteiger charge is -2.18. The first-order chi connectivity index (χ1) is 5.50. The summed E-state index contributed by atoms with van der Waals surface area (Å²) in [6.07, 6.45) is 2.34. The highest BCUT2D eigenvalue weighted by atomic mass is 16.4. The van der Waals surface area contributed by atoms with Gasteiger partial charge in [0.05, 0.1) is 6.10 Å². The van der Waals surface area contributed by atoms with Crippen LogP contribution in [0, 0.1) is 11.8 Å². The number of aliphatic hydroxyl groups is 1. The maximum atomic E-state index is 10.6. The molecule has 12 heavy (non-hydrogen) atoms. The van der Waals surface area contributed by atoms with Gasteiger partial charge >= 0.3 is 5.97 Å². The van der Waals surface area contributed by atoms with Gasteiger partial charge in [0, 0.05) is 0 Å². The number of carboxylic acid groups (broad SMARTS) is 1. The predicted octanol–water partition coefficient (Wildman–Crippen LogP) is 1.28. The van der Waals surface area contributed by atoms with Crippen LogP contribution >= 0.6 is 0 Å². The summed E-state index contributed by atoms with van der Waals surface area (Å²) in [5.74, 6) is -1.80. The monoisotopic (exact) mass is 172 g/mol. The highest BCUT2D eigenvalue weighted by Gasteiger charge is 2.25. The molecule has 2 atom stereocenters. The molecular formula is C9H16O3. The van der Waals surface area contributed by atoms with Crippen molar-refractivity contribution in [2.24, 2.45) is 11.8 Å². The van der Waals surface area contributed by atoms with Gasteiger partial charge in [-0.05, 0) is 12.8 Å². The number of hydrogen-bond acceptors (Lipinski definition) is 2. The molecule has 0 spiro atoms. The van der Waals surface area contributed by atoms with E-state index >= 15 is 0 Å². The fourth-order valence-corrected chi connectivity index (χ4v) is 0.964. The van der Waals surface area contributed by atoms with E-state index in [4.69, 9.17) is 5.11 Å². The fourth-order valence-electron chi connectivity index (χ4n) is 0.964. The van der Waals surface area contributed by atoms with E-state index in [1.54, 1.807) is 26.8 Å². The van der Waals surface area contributed by atoms with Gasteiger partial charge in [-0.2, -0.15) is 0 Å². The summed E-state index contributed by atoms with van der Waals surface area (Å²) in [5.41, 5.74) is 0. The van der Waals surface area contributed by atoms with Crippen molar-refractivity contribution in [1.29, 1.82) is 0 Å². The minimum absolute atomic E-state index is 0.0395. The van der Waals surface area contributed by atoms with Gasteiger partial charge in [-0.1, -0.05) is 26.0 Å². The summed E-state index contributed by atoms with van der Waals surface area (Å²) >= 11 is 0. The predicted molar refractivity (Wildman–Crippen MR) is 46.8 cm³/mol. The van der Waals surface area contributed by atoms with Crippen LogP contribution in [0.2, 0.25) is 0 Å². The van der Waals surface area contributed by atoms with Gasteiger partial charge < -0.3 is 10.2 Å². The van der Waals surface area contributed by atoms with Crippen LogP contribution in [-0.4, -0.2) is 22.3 Å². The maximum absolute atomic E-state index is 10.6. The highest BCUT2D eigenvalue weighted by Crippen LogP contribution is 2.14. The lowest BCUT2D eigenvalue weighted by Crippen LogP contribution is -2.30. The Morgan fingerprint density at radius 2 is 1.92 bits per heavy atom. The quantitative estimate of drug-likeness (QED) is 0.628. The van der Waals surface area contributed by atoms with Crippen molar-refractivity contribution in [2.45, 2.75) is 26.9 Å². The molecule has 0 aliphatic rings. The number of hydrogen-bond donors (Lipinski definition) is 2. The summed E-state index contributed by atoms with van der Waals surface area (Å²) in [6.45, 7) is 5.33. The Bertz CT molecular complexity index is 173. The minimum atomic E-state index is -0.977. The van der Waals surface area contributed by atoms with Crippen molar-refractivity contribution in [3.63, 3.8) is 0 Å². The Balaban J connectivity index is 4.40. The van der Waals surface area contributed by atoms with Crippen LogP contribution in [0.15, 0.2) is 12.2 Å². The molecule has 0 aromatic heterocycles. The van der Waals surface area contributed by atoms with E-state index in [1.807, 2.05) is 0 Å². The number of aliphatic hydroxyl groups excluding tert-OH is 1. The maximum Gasteiger partial charge on any atom is 0.313 e. The van der Waals surface area contributed by atoms with Crippen LogP contribution in [0.5, 0.6) is 0 Å². The number of carbonyl (C=O) groups is 1. The molecule has 0 amide bonds. The molecule has 0 aliphatic heterocycles. The standard InChI is InChI=1S/C9H16O3/c1-4-5-7(9(11)12)8(10)6(2)3/h4-8,10H,1-3H3,(H,11,12). The molecule has 3 heteroatoms. The largest absolute Gasteiger partial charge is 0.481 e. The summed E-state index contributed by atoms with van der Waals surface area (Å²) in [4.78, 5) is 10.6. The zero-order valence-corrected chi connectivity index (χ0v) is 7.69. The molecular weight excluding hydrogens is 156 g/mol. The van der Waals surface area contributed by atoms with Crippen LogP contribution in [0.1, 0.15) is 20.8 Å². The molecule has 0 aliphatic carbocycles. The van der Waals surface area contributed by atoms with Crippen molar-refractivity contribution in [3.8, 4) is 0 Å². The molecule has 2 unspecified atom stereocenters. The Morgan fingerprint density at radius 3 is 2.17 bits per heavy atom. The third-order valence-corrected chi connectivity index (χ3v) is 1.74. The second-order valence-corrected chi connectivity index (χ2v) is 3.12. The Kier molecular flexibility index (Phi) is 4.59. The van der Waals surface area contributed by atoms with Gasteiger partial charge in [-0.3, -0.25) is 4.79 Å². The summed E-state index contributed by atoms with van der Waals surface area (Å²) in [7, 11) is 0. The SMILES string of the molecule is CC=CC(C(=O)O)C(O)C(C)C.